The number of halogens is 2. The SMILES string of the molecule is Cn1nc(-c2cc(F)ccc2Cl)cc1N. The Hall–Kier alpha value is -1.55. The van der Waals surface area contributed by atoms with Crippen molar-refractivity contribution in [1.82, 2.24) is 9.78 Å². The molecule has 0 saturated heterocycles. The Morgan fingerprint density at radius 3 is 2.73 bits per heavy atom. The first kappa shape index (κ1) is 9.98. The third kappa shape index (κ3) is 1.80. The number of anilines is 1. The monoisotopic (exact) mass is 225 g/mol. The fraction of sp³-hybridized carbons (Fsp3) is 0.100. The normalized spacial score (nSPS) is 10.6. The predicted octanol–water partition coefficient (Wildman–Crippen LogP) is 2.46. The third-order valence-corrected chi connectivity index (χ3v) is 2.45. The zero-order valence-corrected chi connectivity index (χ0v) is 8.79. The molecule has 0 aliphatic carbocycles. The van der Waals surface area contributed by atoms with Crippen LogP contribution in [0.25, 0.3) is 11.3 Å². The molecule has 15 heavy (non-hydrogen) atoms. The van der Waals surface area contributed by atoms with Gasteiger partial charge >= 0.3 is 0 Å². The first-order valence-corrected chi connectivity index (χ1v) is 4.70. The molecule has 1 aromatic heterocycles. The maximum absolute atomic E-state index is 13.0. The minimum absolute atomic E-state index is 0.348. The molecular formula is C10H9ClFN3. The molecule has 0 spiro atoms. The van der Waals surface area contributed by atoms with Crippen LogP contribution in [-0.4, -0.2) is 9.78 Å². The van der Waals surface area contributed by atoms with Crippen LogP contribution in [0, 0.1) is 5.82 Å². The van der Waals surface area contributed by atoms with Crippen molar-refractivity contribution >= 4 is 17.4 Å². The second-order valence-corrected chi connectivity index (χ2v) is 3.61. The van der Waals surface area contributed by atoms with Crippen LogP contribution in [-0.2, 0) is 7.05 Å². The van der Waals surface area contributed by atoms with Gasteiger partial charge in [-0.2, -0.15) is 5.10 Å². The Labute approximate surface area is 91.3 Å². The highest BCUT2D eigenvalue weighted by Gasteiger charge is 2.09. The van der Waals surface area contributed by atoms with Crippen molar-refractivity contribution in [3.8, 4) is 11.3 Å². The number of hydrogen-bond donors (Lipinski definition) is 1. The zero-order valence-electron chi connectivity index (χ0n) is 8.04. The largest absolute Gasteiger partial charge is 0.384 e. The third-order valence-electron chi connectivity index (χ3n) is 2.12. The van der Waals surface area contributed by atoms with Crippen molar-refractivity contribution in [3.05, 3.63) is 35.1 Å². The van der Waals surface area contributed by atoms with Gasteiger partial charge in [-0.25, -0.2) is 4.39 Å². The quantitative estimate of drug-likeness (QED) is 0.810. The molecule has 3 nitrogen and oxygen atoms in total. The molecule has 2 aromatic rings. The number of rotatable bonds is 1. The lowest BCUT2D eigenvalue weighted by atomic mass is 10.1. The number of aryl methyl sites for hydroxylation is 1. The fourth-order valence-corrected chi connectivity index (χ4v) is 1.52. The Morgan fingerprint density at radius 2 is 2.13 bits per heavy atom. The van der Waals surface area contributed by atoms with Crippen molar-refractivity contribution in [1.29, 1.82) is 0 Å². The maximum Gasteiger partial charge on any atom is 0.123 e. The van der Waals surface area contributed by atoms with Gasteiger partial charge in [-0.1, -0.05) is 11.6 Å². The average molecular weight is 226 g/mol. The van der Waals surface area contributed by atoms with Gasteiger partial charge in [0.05, 0.1) is 10.7 Å². The summed E-state index contributed by atoms with van der Waals surface area (Å²) in [5, 5.41) is 4.58. The number of nitrogen functional groups attached to an aromatic ring is 1. The van der Waals surface area contributed by atoms with Gasteiger partial charge in [0.2, 0.25) is 0 Å². The average Bonchev–Trinajstić information content (AvgIpc) is 2.51. The van der Waals surface area contributed by atoms with E-state index in [0.29, 0.717) is 22.1 Å². The molecule has 2 rings (SSSR count). The minimum Gasteiger partial charge on any atom is -0.384 e. The van der Waals surface area contributed by atoms with E-state index < -0.39 is 0 Å². The van der Waals surface area contributed by atoms with E-state index in [9.17, 15) is 4.39 Å². The summed E-state index contributed by atoms with van der Waals surface area (Å²) < 4.78 is 14.5. The molecule has 78 valence electrons. The summed E-state index contributed by atoms with van der Waals surface area (Å²) in [6.45, 7) is 0. The van der Waals surface area contributed by atoms with Crippen LogP contribution in [0.2, 0.25) is 5.02 Å². The molecule has 1 heterocycles. The van der Waals surface area contributed by atoms with E-state index in [1.807, 2.05) is 0 Å². The highest BCUT2D eigenvalue weighted by atomic mass is 35.5. The van der Waals surface area contributed by atoms with E-state index in [1.54, 1.807) is 13.1 Å². The highest BCUT2D eigenvalue weighted by Crippen LogP contribution is 2.28. The van der Waals surface area contributed by atoms with Gasteiger partial charge in [0.1, 0.15) is 11.6 Å². The molecule has 2 N–H and O–H groups in total. The molecule has 0 atom stereocenters. The van der Waals surface area contributed by atoms with Crippen molar-refractivity contribution < 1.29 is 4.39 Å². The first-order chi connectivity index (χ1) is 7.08. The molecule has 5 heteroatoms. The van der Waals surface area contributed by atoms with E-state index in [0.717, 1.165) is 0 Å². The molecule has 1 aromatic carbocycles. The Morgan fingerprint density at radius 1 is 1.40 bits per heavy atom. The van der Waals surface area contributed by atoms with Gasteiger partial charge in [0, 0.05) is 18.7 Å². The molecule has 0 amide bonds. The van der Waals surface area contributed by atoms with Crippen molar-refractivity contribution in [3.63, 3.8) is 0 Å². The Balaban J connectivity index is 2.58. The summed E-state index contributed by atoms with van der Waals surface area (Å²) in [5.74, 6) is 0.156. The van der Waals surface area contributed by atoms with E-state index in [-0.39, 0.29) is 5.82 Å². The standard InChI is InChI=1S/C10H9ClFN3/c1-15-10(13)5-9(14-15)7-4-6(12)2-3-8(7)11/h2-5H,13H2,1H3. The molecule has 0 aliphatic rings. The molecule has 0 aliphatic heterocycles. The Bertz CT molecular complexity index is 488. The molecule has 0 saturated carbocycles. The van der Waals surface area contributed by atoms with Crippen molar-refractivity contribution in [2.24, 2.45) is 7.05 Å². The van der Waals surface area contributed by atoms with E-state index in [4.69, 9.17) is 17.3 Å². The Kier molecular flexibility index (Phi) is 2.36. The molecule has 0 fully saturated rings. The van der Waals surface area contributed by atoms with Crippen LogP contribution in [0.15, 0.2) is 24.3 Å². The predicted molar refractivity (Wildman–Crippen MR) is 58.0 cm³/mol. The van der Waals surface area contributed by atoms with Gasteiger partial charge in [0.15, 0.2) is 0 Å². The van der Waals surface area contributed by atoms with Gasteiger partial charge in [0.25, 0.3) is 0 Å². The zero-order chi connectivity index (χ0) is 11.0. The first-order valence-electron chi connectivity index (χ1n) is 4.33. The molecular weight excluding hydrogens is 217 g/mol. The lowest BCUT2D eigenvalue weighted by molar-refractivity contribution is 0.628. The van der Waals surface area contributed by atoms with Gasteiger partial charge < -0.3 is 5.73 Å². The van der Waals surface area contributed by atoms with Crippen LogP contribution in [0.1, 0.15) is 0 Å². The highest BCUT2D eigenvalue weighted by molar-refractivity contribution is 6.33. The van der Waals surface area contributed by atoms with Crippen LogP contribution < -0.4 is 5.73 Å². The van der Waals surface area contributed by atoms with Crippen LogP contribution in [0.4, 0.5) is 10.2 Å². The summed E-state index contributed by atoms with van der Waals surface area (Å²) in [7, 11) is 1.71. The summed E-state index contributed by atoms with van der Waals surface area (Å²) in [6.07, 6.45) is 0. The minimum atomic E-state index is -0.348. The maximum atomic E-state index is 13.0. The molecule has 0 unspecified atom stereocenters. The molecule has 0 radical (unpaired) electrons. The summed E-state index contributed by atoms with van der Waals surface area (Å²) in [6, 6.07) is 5.79. The number of aromatic nitrogens is 2. The van der Waals surface area contributed by atoms with Gasteiger partial charge in [-0.3, -0.25) is 4.68 Å². The fourth-order valence-electron chi connectivity index (χ4n) is 1.31. The van der Waals surface area contributed by atoms with Crippen molar-refractivity contribution in [2.75, 3.05) is 5.73 Å². The van der Waals surface area contributed by atoms with Crippen LogP contribution in [0.5, 0.6) is 0 Å². The number of hydrogen-bond acceptors (Lipinski definition) is 2. The number of benzene rings is 1. The lowest BCUT2D eigenvalue weighted by Gasteiger charge is -1.99. The van der Waals surface area contributed by atoms with E-state index in [1.165, 1.54) is 22.9 Å². The molecule has 0 bridgehead atoms. The van der Waals surface area contributed by atoms with E-state index >= 15 is 0 Å². The topological polar surface area (TPSA) is 43.8 Å². The number of nitrogens with zero attached hydrogens (tertiary/aromatic N) is 2. The van der Waals surface area contributed by atoms with Gasteiger partial charge in [-0.05, 0) is 18.2 Å². The lowest BCUT2D eigenvalue weighted by Crippen LogP contribution is -1.96. The van der Waals surface area contributed by atoms with E-state index in [2.05, 4.69) is 5.10 Å². The second-order valence-electron chi connectivity index (χ2n) is 3.20. The summed E-state index contributed by atoms with van der Waals surface area (Å²) >= 11 is 5.94. The summed E-state index contributed by atoms with van der Waals surface area (Å²) in [4.78, 5) is 0. The summed E-state index contributed by atoms with van der Waals surface area (Å²) in [5.41, 5.74) is 6.74. The van der Waals surface area contributed by atoms with Gasteiger partial charge in [-0.15, -0.1) is 0 Å². The van der Waals surface area contributed by atoms with Crippen LogP contribution in [0.3, 0.4) is 0 Å². The second kappa shape index (κ2) is 3.55. The smallest absolute Gasteiger partial charge is 0.123 e. The van der Waals surface area contributed by atoms with Crippen LogP contribution >= 0.6 is 11.6 Å². The number of nitrogens with two attached hydrogens (primary N) is 1. The van der Waals surface area contributed by atoms with Crippen molar-refractivity contribution in [2.45, 2.75) is 0 Å².